The SMILES string of the molecule is CC(C)Cn1ccc2cc(NC(=O)C[C@H]3NC(=O)c4ccccc43)ccc21. The Labute approximate surface area is 158 Å². The number of nitrogens with one attached hydrogen (secondary N) is 2. The molecule has 5 nitrogen and oxygen atoms in total. The minimum atomic E-state index is -0.274. The van der Waals surface area contributed by atoms with Gasteiger partial charge in [0.05, 0.1) is 12.5 Å². The summed E-state index contributed by atoms with van der Waals surface area (Å²) in [5, 5.41) is 6.95. The molecule has 2 amide bonds. The number of hydrogen-bond acceptors (Lipinski definition) is 2. The molecule has 2 heterocycles. The molecule has 0 aliphatic carbocycles. The summed E-state index contributed by atoms with van der Waals surface area (Å²) >= 11 is 0. The third-order valence-electron chi connectivity index (χ3n) is 4.89. The standard InChI is InChI=1S/C22H23N3O2/c1-14(2)13-25-10-9-15-11-16(7-8-20(15)25)23-21(26)12-19-17-5-3-4-6-18(17)22(27)24-19/h3-11,14,19H,12-13H2,1-2H3,(H,23,26)(H,24,27)/t19-/m1/s1. The van der Waals surface area contributed by atoms with E-state index in [1.165, 1.54) is 5.52 Å². The molecule has 0 spiro atoms. The van der Waals surface area contributed by atoms with Gasteiger partial charge in [0.1, 0.15) is 0 Å². The van der Waals surface area contributed by atoms with Crippen LogP contribution in [0.4, 0.5) is 5.69 Å². The Morgan fingerprint density at radius 1 is 1.19 bits per heavy atom. The number of nitrogens with zero attached hydrogens (tertiary/aromatic N) is 1. The molecule has 4 rings (SSSR count). The first-order valence-corrected chi connectivity index (χ1v) is 9.30. The molecule has 2 aromatic carbocycles. The van der Waals surface area contributed by atoms with Crippen LogP contribution in [0.5, 0.6) is 0 Å². The van der Waals surface area contributed by atoms with Crippen LogP contribution in [-0.2, 0) is 11.3 Å². The summed E-state index contributed by atoms with van der Waals surface area (Å²) in [5.74, 6) is 0.346. The zero-order valence-electron chi connectivity index (χ0n) is 15.5. The van der Waals surface area contributed by atoms with Crippen LogP contribution in [0, 0.1) is 5.92 Å². The fourth-order valence-corrected chi connectivity index (χ4v) is 3.71. The summed E-state index contributed by atoms with van der Waals surface area (Å²) in [6.07, 6.45) is 2.30. The number of carbonyl (C=O) groups is 2. The van der Waals surface area contributed by atoms with Gasteiger partial charge in [-0.3, -0.25) is 9.59 Å². The van der Waals surface area contributed by atoms with Gasteiger partial charge in [-0.1, -0.05) is 32.0 Å². The van der Waals surface area contributed by atoms with E-state index in [2.05, 4.69) is 41.3 Å². The van der Waals surface area contributed by atoms with Gasteiger partial charge in [0.15, 0.2) is 0 Å². The highest BCUT2D eigenvalue weighted by Gasteiger charge is 2.29. The quantitative estimate of drug-likeness (QED) is 0.718. The average Bonchev–Trinajstić information content (AvgIpc) is 3.16. The molecule has 0 fully saturated rings. The molecular weight excluding hydrogens is 338 g/mol. The third-order valence-corrected chi connectivity index (χ3v) is 4.89. The molecule has 2 N–H and O–H groups in total. The highest BCUT2D eigenvalue weighted by molar-refractivity contribution is 6.01. The third kappa shape index (κ3) is 3.45. The van der Waals surface area contributed by atoms with Gasteiger partial charge in [-0.15, -0.1) is 0 Å². The van der Waals surface area contributed by atoms with Crippen LogP contribution < -0.4 is 10.6 Å². The molecule has 138 valence electrons. The number of fused-ring (bicyclic) bond motifs is 2. The fourth-order valence-electron chi connectivity index (χ4n) is 3.71. The summed E-state index contributed by atoms with van der Waals surface area (Å²) in [6.45, 7) is 5.36. The van der Waals surface area contributed by atoms with Gasteiger partial charge in [-0.25, -0.2) is 0 Å². The molecular formula is C22H23N3O2. The molecule has 0 unspecified atom stereocenters. The summed E-state index contributed by atoms with van der Waals surface area (Å²) in [7, 11) is 0. The number of aromatic nitrogens is 1. The first-order chi connectivity index (χ1) is 13.0. The highest BCUT2D eigenvalue weighted by atomic mass is 16.2. The molecule has 1 atom stereocenters. The number of rotatable bonds is 5. The summed E-state index contributed by atoms with van der Waals surface area (Å²) < 4.78 is 2.23. The Kier molecular flexibility index (Phi) is 4.44. The number of hydrogen-bond donors (Lipinski definition) is 2. The largest absolute Gasteiger partial charge is 0.347 e. The predicted octanol–water partition coefficient (Wildman–Crippen LogP) is 4.11. The lowest BCUT2D eigenvalue weighted by atomic mass is 10.0. The van der Waals surface area contributed by atoms with E-state index < -0.39 is 0 Å². The van der Waals surface area contributed by atoms with Crippen molar-refractivity contribution < 1.29 is 9.59 Å². The minimum Gasteiger partial charge on any atom is -0.347 e. The lowest BCUT2D eigenvalue weighted by Crippen LogP contribution is -2.24. The Morgan fingerprint density at radius 3 is 2.81 bits per heavy atom. The van der Waals surface area contributed by atoms with Crippen molar-refractivity contribution >= 4 is 28.4 Å². The smallest absolute Gasteiger partial charge is 0.252 e. The van der Waals surface area contributed by atoms with Crippen LogP contribution in [0.2, 0.25) is 0 Å². The second kappa shape index (κ2) is 6.91. The first-order valence-electron chi connectivity index (χ1n) is 9.30. The van der Waals surface area contributed by atoms with Crippen molar-refractivity contribution in [1.29, 1.82) is 0 Å². The Bertz CT molecular complexity index is 1020. The van der Waals surface area contributed by atoms with Crippen molar-refractivity contribution in [1.82, 2.24) is 9.88 Å². The zero-order valence-corrected chi connectivity index (χ0v) is 15.5. The molecule has 3 aromatic rings. The fraction of sp³-hybridized carbons (Fsp3) is 0.273. The number of carbonyl (C=O) groups excluding carboxylic acids is 2. The molecule has 0 bridgehead atoms. The number of benzene rings is 2. The van der Waals surface area contributed by atoms with Crippen LogP contribution in [0.3, 0.4) is 0 Å². The van der Waals surface area contributed by atoms with Crippen molar-refractivity contribution in [2.24, 2.45) is 5.92 Å². The van der Waals surface area contributed by atoms with Crippen molar-refractivity contribution in [3.05, 3.63) is 65.9 Å². The Balaban J connectivity index is 1.46. The average molecular weight is 361 g/mol. The number of anilines is 1. The molecule has 1 aliphatic heterocycles. The van der Waals surface area contributed by atoms with Crippen LogP contribution in [0.15, 0.2) is 54.7 Å². The Morgan fingerprint density at radius 2 is 2.00 bits per heavy atom. The van der Waals surface area contributed by atoms with Gasteiger partial charge >= 0.3 is 0 Å². The Hall–Kier alpha value is -3.08. The van der Waals surface area contributed by atoms with E-state index in [1.807, 2.05) is 36.4 Å². The monoisotopic (exact) mass is 361 g/mol. The normalized spacial score (nSPS) is 15.8. The van der Waals surface area contributed by atoms with E-state index in [-0.39, 0.29) is 24.3 Å². The van der Waals surface area contributed by atoms with Crippen molar-refractivity contribution in [3.63, 3.8) is 0 Å². The van der Waals surface area contributed by atoms with Crippen molar-refractivity contribution in [3.8, 4) is 0 Å². The second-order valence-electron chi connectivity index (χ2n) is 7.50. The molecule has 1 aliphatic rings. The molecule has 0 saturated heterocycles. The van der Waals surface area contributed by atoms with E-state index in [4.69, 9.17) is 0 Å². The van der Waals surface area contributed by atoms with Gasteiger partial charge in [0.2, 0.25) is 5.91 Å². The van der Waals surface area contributed by atoms with Gasteiger partial charge in [-0.2, -0.15) is 0 Å². The van der Waals surface area contributed by atoms with Crippen LogP contribution in [0.1, 0.15) is 42.2 Å². The van der Waals surface area contributed by atoms with Gasteiger partial charge in [0.25, 0.3) is 5.91 Å². The van der Waals surface area contributed by atoms with Gasteiger partial charge < -0.3 is 15.2 Å². The predicted molar refractivity (Wildman–Crippen MR) is 107 cm³/mol. The maximum atomic E-state index is 12.5. The summed E-state index contributed by atoms with van der Waals surface area (Å²) in [5.41, 5.74) is 3.48. The molecule has 1 aromatic heterocycles. The maximum Gasteiger partial charge on any atom is 0.252 e. The van der Waals surface area contributed by atoms with Gasteiger partial charge in [-0.05, 0) is 41.8 Å². The second-order valence-corrected chi connectivity index (χ2v) is 7.50. The summed E-state index contributed by atoms with van der Waals surface area (Å²) in [6, 6.07) is 15.2. The molecule has 27 heavy (non-hydrogen) atoms. The van der Waals surface area contributed by atoms with E-state index in [0.717, 1.165) is 23.2 Å². The van der Waals surface area contributed by atoms with Crippen molar-refractivity contribution in [2.75, 3.05) is 5.32 Å². The molecule has 0 saturated carbocycles. The number of amides is 2. The first kappa shape index (κ1) is 17.3. The topological polar surface area (TPSA) is 63.1 Å². The van der Waals surface area contributed by atoms with Crippen LogP contribution in [0.25, 0.3) is 10.9 Å². The van der Waals surface area contributed by atoms with Gasteiger partial charge in [0, 0.05) is 34.9 Å². The van der Waals surface area contributed by atoms with Crippen molar-refractivity contribution in [2.45, 2.75) is 32.9 Å². The molecule has 5 heteroatoms. The maximum absolute atomic E-state index is 12.5. The summed E-state index contributed by atoms with van der Waals surface area (Å²) in [4.78, 5) is 24.5. The zero-order chi connectivity index (χ0) is 19.0. The van der Waals surface area contributed by atoms with Crippen LogP contribution in [-0.4, -0.2) is 16.4 Å². The van der Waals surface area contributed by atoms with E-state index >= 15 is 0 Å². The van der Waals surface area contributed by atoms with E-state index in [1.54, 1.807) is 6.07 Å². The lowest BCUT2D eigenvalue weighted by molar-refractivity contribution is -0.116. The van der Waals surface area contributed by atoms with Crippen LogP contribution >= 0.6 is 0 Å². The highest BCUT2D eigenvalue weighted by Crippen LogP contribution is 2.28. The van der Waals surface area contributed by atoms with E-state index in [0.29, 0.717) is 11.5 Å². The minimum absolute atomic E-state index is 0.113. The lowest BCUT2D eigenvalue weighted by Gasteiger charge is -2.12. The molecule has 0 radical (unpaired) electrons. The van der Waals surface area contributed by atoms with E-state index in [9.17, 15) is 9.59 Å².